The second-order valence-corrected chi connectivity index (χ2v) is 11.9. The van der Waals surface area contributed by atoms with Crippen LogP contribution in [-0.4, -0.2) is 64.6 Å². The van der Waals surface area contributed by atoms with Crippen LogP contribution in [0, 0.1) is 13.8 Å². The Labute approximate surface area is 274 Å². The molecule has 14 heteroatoms. The van der Waals surface area contributed by atoms with Crippen LogP contribution >= 0.6 is 23.1 Å². The highest BCUT2D eigenvalue weighted by Gasteiger charge is 2.27. The van der Waals surface area contributed by atoms with Crippen LogP contribution < -0.4 is 15.4 Å². The lowest BCUT2D eigenvalue weighted by atomic mass is 10.1. The van der Waals surface area contributed by atoms with E-state index in [0.717, 1.165) is 39.9 Å². The highest BCUT2D eigenvalue weighted by Crippen LogP contribution is 2.35. The zero-order valence-corrected chi connectivity index (χ0v) is 27.8. The predicted molar refractivity (Wildman–Crippen MR) is 175 cm³/mol. The van der Waals surface area contributed by atoms with E-state index in [9.17, 15) is 19.2 Å². The van der Waals surface area contributed by atoms with E-state index in [4.69, 9.17) is 14.2 Å². The number of nitrogens with one attached hydrogen (secondary N) is 2. The van der Waals surface area contributed by atoms with Crippen LogP contribution in [0.2, 0.25) is 0 Å². The molecule has 2 amide bonds. The molecular formula is C32H35N5O7S2. The van der Waals surface area contributed by atoms with Gasteiger partial charge in [-0.2, -0.15) is 0 Å². The number of nitrogens with zero attached hydrogens (tertiary/aromatic N) is 3. The van der Waals surface area contributed by atoms with Gasteiger partial charge in [0.2, 0.25) is 11.8 Å². The molecule has 4 rings (SSSR count). The fourth-order valence-corrected chi connectivity index (χ4v) is 6.31. The molecule has 242 valence electrons. The summed E-state index contributed by atoms with van der Waals surface area (Å²) in [4.78, 5) is 51.3. The molecule has 0 atom stereocenters. The number of hydrogen-bond acceptors (Lipinski definition) is 11. The van der Waals surface area contributed by atoms with E-state index >= 15 is 0 Å². The molecule has 2 N–H and O–H groups in total. The van der Waals surface area contributed by atoms with E-state index in [1.807, 2.05) is 43.3 Å². The van der Waals surface area contributed by atoms with Gasteiger partial charge in [-0.1, -0.05) is 36.0 Å². The Bertz CT molecular complexity index is 1720. The molecule has 46 heavy (non-hydrogen) atoms. The van der Waals surface area contributed by atoms with E-state index in [1.54, 1.807) is 44.6 Å². The maximum Gasteiger partial charge on any atom is 0.348 e. The van der Waals surface area contributed by atoms with E-state index in [-0.39, 0.29) is 53.3 Å². The third kappa shape index (κ3) is 8.52. The van der Waals surface area contributed by atoms with Crippen molar-refractivity contribution in [2.75, 3.05) is 31.4 Å². The maximum atomic E-state index is 13.2. The molecule has 0 saturated carbocycles. The molecule has 12 nitrogen and oxygen atoms in total. The summed E-state index contributed by atoms with van der Waals surface area (Å²) in [5, 5.41) is 14.9. The van der Waals surface area contributed by atoms with Crippen LogP contribution in [0.4, 0.5) is 5.00 Å². The first-order valence-electron chi connectivity index (χ1n) is 14.5. The highest BCUT2D eigenvalue weighted by atomic mass is 32.2. The molecule has 0 bridgehead atoms. The molecule has 0 aliphatic heterocycles. The molecule has 2 aromatic heterocycles. The van der Waals surface area contributed by atoms with Gasteiger partial charge >= 0.3 is 11.9 Å². The lowest BCUT2D eigenvalue weighted by molar-refractivity contribution is -0.120. The first-order valence-corrected chi connectivity index (χ1v) is 16.3. The van der Waals surface area contributed by atoms with Crippen molar-refractivity contribution < 1.29 is 33.4 Å². The van der Waals surface area contributed by atoms with Crippen molar-refractivity contribution in [3.8, 4) is 11.4 Å². The standard InChI is InChI=1S/C32H35N5O7S2/c1-6-43-30(40)27-20(4)28(31(41)44-7-2)46-29(27)34-26(39)18-45-32-36-35-24(37(32)22-10-8-9-19(3)15-22)17-33-25(38)16-21-11-13-23(42-5)14-12-21/h8-15H,6-7,16-18H2,1-5H3,(H,33,38)(H,34,39). The average molecular weight is 666 g/mol. The number of hydrogen-bond donors (Lipinski definition) is 2. The summed E-state index contributed by atoms with van der Waals surface area (Å²) in [5.41, 5.74) is 3.10. The molecule has 4 aromatic rings. The van der Waals surface area contributed by atoms with Crippen molar-refractivity contribution in [2.45, 2.75) is 45.8 Å². The van der Waals surface area contributed by atoms with E-state index in [0.29, 0.717) is 22.3 Å². The summed E-state index contributed by atoms with van der Waals surface area (Å²) in [5.74, 6) is -0.742. The number of benzene rings is 2. The SMILES string of the molecule is CCOC(=O)c1sc(NC(=O)CSc2nnc(CNC(=O)Cc3ccc(OC)cc3)n2-c2cccc(C)c2)c(C(=O)OCC)c1C. The lowest BCUT2D eigenvalue weighted by Gasteiger charge is -2.12. The number of aromatic nitrogens is 3. The summed E-state index contributed by atoms with van der Waals surface area (Å²) in [7, 11) is 1.58. The number of rotatable bonds is 14. The minimum Gasteiger partial charge on any atom is -0.497 e. The average Bonchev–Trinajstić information content (AvgIpc) is 3.59. The second kappa shape index (κ2) is 16.0. The van der Waals surface area contributed by atoms with Crippen molar-refractivity contribution >= 4 is 51.9 Å². The quantitative estimate of drug-likeness (QED) is 0.141. The number of esters is 2. The Kier molecular flexibility index (Phi) is 11.9. The van der Waals surface area contributed by atoms with Crippen molar-refractivity contribution in [2.24, 2.45) is 0 Å². The molecule has 0 saturated heterocycles. The molecule has 0 spiro atoms. The third-order valence-corrected chi connectivity index (χ3v) is 8.72. The van der Waals surface area contributed by atoms with E-state index in [1.165, 1.54) is 0 Å². The fourth-order valence-electron chi connectivity index (χ4n) is 4.44. The fraction of sp³-hybridized carbons (Fsp3) is 0.312. The van der Waals surface area contributed by atoms with Crippen molar-refractivity contribution in [3.05, 3.63) is 81.5 Å². The van der Waals surface area contributed by atoms with Gasteiger partial charge in [0.05, 0.1) is 44.6 Å². The summed E-state index contributed by atoms with van der Waals surface area (Å²) in [6.07, 6.45) is 0.179. The largest absolute Gasteiger partial charge is 0.497 e. The molecule has 0 unspecified atom stereocenters. The van der Waals surface area contributed by atoms with Crippen LogP contribution in [-0.2, 0) is 32.0 Å². The third-order valence-electron chi connectivity index (χ3n) is 6.60. The summed E-state index contributed by atoms with van der Waals surface area (Å²) in [6.45, 7) is 7.33. The summed E-state index contributed by atoms with van der Waals surface area (Å²) in [6, 6.07) is 15.0. The molecule has 0 radical (unpaired) electrons. The van der Waals surface area contributed by atoms with Crippen LogP contribution in [0.5, 0.6) is 5.75 Å². The van der Waals surface area contributed by atoms with Crippen LogP contribution in [0.1, 0.15) is 56.4 Å². The molecular weight excluding hydrogens is 631 g/mol. The van der Waals surface area contributed by atoms with Crippen LogP contribution in [0.3, 0.4) is 0 Å². The van der Waals surface area contributed by atoms with Gasteiger partial charge in [-0.3, -0.25) is 14.2 Å². The Morgan fingerprint density at radius 3 is 2.33 bits per heavy atom. The van der Waals surface area contributed by atoms with Crippen molar-refractivity contribution in [1.29, 1.82) is 0 Å². The van der Waals surface area contributed by atoms with E-state index in [2.05, 4.69) is 20.8 Å². The Balaban J connectivity index is 1.50. The van der Waals surface area contributed by atoms with Crippen LogP contribution in [0.25, 0.3) is 5.69 Å². The van der Waals surface area contributed by atoms with Gasteiger partial charge in [0.1, 0.15) is 15.6 Å². The van der Waals surface area contributed by atoms with Crippen molar-refractivity contribution in [3.63, 3.8) is 0 Å². The molecule has 2 aromatic carbocycles. The predicted octanol–water partition coefficient (Wildman–Crippen LogP) is 4.90. The first kappa shape index (κ1) is 34.2. The van der Waals surface area contributed by atoms with Gasteiger partial charge in [-0.25, -0.2) is 9.59 Å². The Hall–Kier alpha value is -4.69. The second-order valence-electron chi connectivity index (χ2n) is 9.91. The highest BCUT2D eigenvalue weighted by molar-refractivity contribution is 7.99. The number of methoxy groups -OCH3 is 1. The Morgan fingerprint density at radius 2 is 1.65 bits per heavy atom. The van der Waals surface area contributed by atoms with Crippen molar-refractivity contribution in [1.82, 2.24) is 20.1 Å². The number of thiophene rings is 1. The first-order chi connectivity index (χ1) is 22.1. The number of carbonyl (C=O) groups excluding carboxylic acids is 4. The summed E-state index contributed by atoms with van der Waals surface area (Å²) < 4.78 is 17.3. The van der Waals surface area contributed by atoms with Gasteiger partial charge in [0.25, 0.3) is 0 Å². The smallest absolute Gasteiger partial charge is 0.348 e. The molecule has 2 heterocycles. The monoisotopic (exact) mass is 665 g/mol. The minimum absolute atomic E-state index is 0.0816. The number of carbonyl (C=O) groups is 4. The number of thioether (sulfide) groups is 1. The zero-order chi connectivity index (χ0) is 33.2. The van der Waals surface area contributed by atoms with E-state index < -0.39 is 17.8 Å². The zero-order valence-electron chi connectivity index (χ0n) is 26.2. The molecule has 0 aliphatic carbocycles. The lowest BCUT2D eigenvalue weighted by Crippen LogP contribution is -2.26. The summed E-state index contributed by atoms with van der Waals surface area (Å²) >= 11 is 2.10. The molecule has 0 aliphatic rings. The van der Waals surface area contributed by atoms with Crippen LogP contribution in [0.15, 0.2) is 53.7 Å². The van der Waals surface area contributed by atoms with Gasteiger partial charge in [-0.15, -0.1) is 21.5 Å². The minimum atomic E-state index is -0.646. The number of amides is 2. The topological polar surface area (TPSA) is 151 Å². The van der Waals surface area contributed by atoms with Gasteiger partial charge in [-0.05, 0) is 68.7 Å². The van der Waals surface area contributed by atoms with Gasteiger partial charge < -0.3 is 24.8 Å². The number of aryl methyl sites for hydroxylation is 1. The molecule has 0 fully saturated rings. The maximum absolute atomic E-state index is 13.2. The van der Waals surface area contributed by atoms with Gasteiger partial charge in [0.15, 0.2) is 11.0 Å². The Morgan fingerprint density at radius 1 is 0.935 bits per heavy atom. The number of anilines is 1. The van der Waals surface area contributed by atoms with Gasteiger partial charge in [0, 0.05) is 5.69 Å². The number of ether oxygens (including phenoxy) is 3. The normalized spacial score (nSPS) is 10.7.